The molecule has 0 bridgehead atoms. The van der Waals surface area contributed by atoms with Gasteiger partial charge in [-0.1, -0.05) is 5.16 Å². The minimum absolute atomic E-state index is 0.239. The summed E-state index contributed by atoms with van der Waals surface area (Å²) >= 11 is 0. The van der Waals surface area contributed by atoms with E-state index in [4.69, 9.17) is 10.3 Å². The lowest BCUT2D eigenvalue weighted by Gasteiger charge is -1.97. The molecule has 0 amide bonds. The van der Waals surface area contributed by atoms with Crippen LogP contribution in [0.15, 0.2) is 4.52 Å². The Balaban J connectivity index is 1.91. The van der Waals surface area contributed by atoms with Crippen LogP contribution in [0.25, 0.3) is 0 Å². The zero-order valence-electron chi connectivity index (χ0n) is 6.79. The van der Waals surface area contributed by atoms with Gasteiger partial charge in [-0.05, 0) is 25.7 Å². The van der Waals surface area contributed by atoms with Gasteiger partial charge in [0.25, 0.3) is 0 Å². The van der Waals surface area contributed by atoms with Crippen molar-refractivity contribution in [1.82, 2.24) is 10.1 Å². The third-order valence-corrected chi connectivity index (χ3v) is 2.60. The van der Waals surface area contributed by atoms with Gasteiger partial charge < -0.3 is 10.3 Å². The van der Waals surface area contributed by atoms with E-state index < -0.39 is 0 Å². The molecule has 0 saturated heterocycles. The van der Waals surface area contributed by atoms with Gasteiger partial charge in [0.2, 0.25) is 5.89 Å². The Morgan fingerprint density at radius 1 is 1.42 bits per heavy atom. The molecule has 2 N–H and O–H groups in total. The van der Waals surface area contributed by atoms with Crippen molar-refractivity contribution in [2.75, 3.05) is 0 Å². The Morgan fingerprint density at radius 3 is 2.75 bits per heavy atom. The summed E-state index contributed by atoms with van der Waals surface area (Å²) in [4.78, 5) is 4.30. The van der Waals surface area contributed by atoms with Crippen LogP contribution in [0.5, 0.6) is 0 Å². The average molecular weight is 165 g/mol. The van der Waals surface area contributed by atoms with Gasteiger partial charge in [0.15, 0.2) is 5.82 Å². The van der Waals surface area contributed by atoms with E-state index in [0.29, 0.717) is 11.7 Å². The lowest BCUT2D eigenvalue weighted by Crippen LogP contribution is -2.20. The molecule has 2 fully saturated rings. The maximum atomic E-state index is 5.92. The molecule has 2 aliphatic carbocycles. The summed E-state index contributed by atoms with van der Waals surface area (Å²) in [7, 11) is 0. The van der Waals surface area contributed by atoms with Crippen LogP contribution in [-0.4, -0.2) is 10.1 Å². The zero-order valence-corrected chi connectivity index (χ0v) is 6.79. The van der Waals surface area contributed by atoms with Crippen LogP contribution in [-0.2, 0) is 5.54 Å². The average Bonchev–Trinajstić information content (AvgIpc) is 2.97. The molecule has 4 heteroatoms. The molecule has 0 spiro atoms. The van der Waals surface area contributed by atoms with Gasteiger partial charge in [-0.25, -0.2) is 0 Å². The molecular formula is C8H11N3O. The van der Waals surface area contributed by atoms with Crippen LogP contribution in [0.2, 0.25) is 0 Å². The van der Waals surface area contributed by atoms with Crippen LogP contribution in [0.1, 0.15) is 43.3 Å². The Labute approximate surface area is 70.1 Å². The third-order valence-electron chi connectivity index (χ3n) is 2.60. The summed E-state index contributed by atoms with van der Waals surface area (Å²) in [5, 5.41) is 3.90. The maximum absolute atomic E-state index is 5.92. The van der Waals surface area contributed by atoms with Gasteiger partial charge in [0.05, 0.1) is 5.54 Å². The minimum Gasteiger partial charge on any atom is -0.339 e. The molecule has 1 heterocycles. The molecule has 0 atom stereocenters. The first-order valence-electron chi connectivity index (χ1n) is 4.41. The predicted octanol–water partition coefficient (Wildman–Crippen LogP) is 0.895. The monoisotopic (exact) mass is 165 g/mol. The number of hydrogen-bond acceptors (Lipinski definition) is 4. The van der Waals surface area contributed by atoms with Crippen molar-refractivity contribution in [1.29, 1.82) is 0 Å². The fraction of sp³-hybridized carbons (Fsp3) is 0.750. The molecule has 0 unspecified atom stereocenters. The smallest absolute Gasteiger partial charge is 0.229 e. The van der Waals surface area contributed by atoms with E-state index >= 15 is 0 Å². The Hall–Kier alpha value is -0.900. The highest BCUT2D eigenvalue weighted by atomic mass is 16.5. The second-order valence-electron chi connectivity index (χ2n) is 3.89. The van der Waals surface area contributed by atoms with Crippen molar-refractivity contribution >= 4 is 0 Å². The molecule has 1 aromatic rings. The standard InChI is InChI=1S/C8H11N3O/c9-8(3-4-8)7-10-6(12-11-7)5-1-2-5/h5H,1-4,9H2. The van der Waals surface area contributed by atoms with Crippen molar-refractivity contribution in [2.45, 2.75) is 37.1 Å². The minimum atomic E-state index is -0.239. The highest BCUT2D eigenvalue weighted by molar-refractivity contribution is 5.15. The van der Waals surface area contributed by atoms with Crippen molar-refractivity contribution < 1.29 is 4.52 Å². The van der Waals surface area contributed by atoms with Gasteiger partial charge in [-0.3, -0.25) is 0 Å². The van der Waals surface area contributed by atoms with Crippen LogP contribution in [0, 0.1) is 0 Å². The van der Waals surface area contributed by atoms with Gasteiger partial charge in [0, 0.05) is 5.92 Å². The van der Waals surface area contributed by atoms with Crippen LogP contribution >= 0.6 is 0 Å². The van der Waals surface area contributed by atoms with Crippen LogP contribution < -0.4 is 5.73 Å². The van der Waals surface area contributed by atoms with Crippen molar-refractivity contribution in [2.24, 2.45) is 5.73 Å². The Morgan fingerprint density at radius 2 is 2.17 bits per heavy atom. The van der Waals surface area contributed by atoms with Gasteiger partial charge in [-0.15, -0.1) is 0 Å². The van der Waals surface area contributed by atoms with E-state index in [-0.39, 0.29) is 5.54 Å². The van der Waals surface area contributed by atoms with E-state index in [1.807, 2.05) is 0 Å². The van der Waals surface area contributed by atoms with Crippen molar-refractivity contribution in [3.8, 4) is 0 Å². The SMILES string of the molecule is NC1(c2noc(C3CC3)n2)CC1. The largest absolute Gasteiger partial charge is 0.339 e. The second-order valence-corrected chi connectivity index (χ2v) is 3.89. The van der Waals surface area contributed by atoms with E-state index in [9.17, 15) is 0 Å². The molecule has 2 saturated carbocycles. The van der Waals surface area contributed by atoms with E-state index in [1.165, 1.54) is 12.8 Å². The number of rotatable bonds is 2. The molecule has 0 radical (unpaired) electrons. The molecular weight excluding hydrogens is 154 g/mol. The highest BCUT2D eigenvalue weighted by Gasteiger charge is 2.45. The normalized spacial score (nSPS) is 25.8. The number of nitrogens with two attached hydrogens (primary N) is 1. The summed E-state index contributed by atoms with van der Waals surface area (Å²) in [6.07, 6.45) is 4.38. The topological polar surface area (TPSA) is 64.9 Å². The number of nitrogens with zero attached hydrogens (tertiary/aromatic N) is 2. The lowest BCUT2D eigenvalue weighted by atomic mass is 10.3. The van der Waals surface area contributed by atoms with Gasteiger partial charge in [-0.2, -0.15) is 4.98 Å². The van der Waals surface area contributed by atoms with Crippen LogP contribution in [0.4, 0.5) is 0 Å². The molecule has 4 nitrogen and oxygen atoms in total. The van der Waals surface area contributed by atoms with Crippen molar-refractivity contribution in [3.63, 3.8) is 0 Å². The third kappa shape index (κ3) is 0.876. The summed E-state index contributed by atoms with van der Waals surface area (Å²) in [5.41, 5.74) is 5.68. The number of hydrogen-bond donors (Lipinski definition) is 1. The first-order chi connectivity index (χ1) is 5.78. The Kier molecular flexibility index (Phi) is 1.03. The molecule has 2 aliphatic rings. The summed E-state index contributed by atoms with van der Waals surface area (Å²) < 4.78 is 5.11. The first-order valence-corrected chi connectivity index (χ1v) is 4.41. The van der Waals surface area contributed by atoms with E-state index in [2.05, 4.69) is 10.1 Å². The molecule has 12 heavy (non-hydrogen) atoms. The van der Waals surface area contributed by atoms with Crippen LogP contribution in [0.3, 0.4) is 0 Å². The summed E-state index contributed by atoms with van der Waals surface area (Å²) in [6.45, 7) is 0. The second kappa shape index (κ2) is 1.88. The fourth-order valence-electron chi connectivity index (χ4n) is 1.29. The molecule has 1 aromatic heterocycles. The van der Waals surface area contributed by atoms with E-state index in [1.54, 1.807) is 0 Å². The number of aromatic nitrogens is 2. The summed E-state index contributed by atoms with van der Waals surface area (Å²) in [5.74, 6) is 2.04. The van der Waals surface area contributed by atoms with Crippen molar-refractivity contribution in [3.05, 3.63) is 11.7 Å². The molecule has 3 rings (SSSR count). The molecule has 0 aliphatic heterocycles. The van der Waals surface area contributed by atoms with E-state index in [0.717, 1.165) is 18.7 Å². The fourth-order valence-corrected chi connectivity index (χ4v) is 1.29. The van der Waals surface area contributed by atoms with Gasteiger partial charge >= 0.3 is 0 Å². The van der Waals surface area contributed by atoms with Gasteiger partial charge in [0.1, 0.15) is 0 Å². The first kappa shape index (κ1) is 6.60. The molecule has 0 aromatic carbocycles. The molecule has 64 valence electrons. The summed E-state index contributed by atoms with van der Waals surface area (Å²) in [6, 6.07) is 0. The highest BCUT2D eigenvalue weighted by Crippen LogP contribution is 2.43. The Bertz CT molecular complexity index is 312. The predicted molar refractivity (Wildman–Crippen MR) is 41.4 cm³/mol. The lowest BCUT2D eigenvalue weighted by molar-refractivity contribution is 0.369. The quantitative estimate of drug-likeness (QED) is 0.707. The maximum Gasteiger partial charge on any atom is 0.229 e. The zero-order chi connectivity index (χ0) is 8.18.